The zero-order chi connectivity index (χ0) is 13.0. The second kappa shape index (κ2) is 5.69. The Labute approximate surface area is 105 Å². The summed E-state index contributed by atoms with van der Waals surface area (Å²) in [5.41, 5.74) is 1.61. The highest BCUT2D eigenvalue weighted by molar-refractivity contribution is 5.28. The molecule has 2 nitrogen and oxygen atoms in total. The van der Waals surface area contributed by atoms with E-state index in [4.69, 9.17) is 0 Å². The first-order chi connectivity index (χ1) is 8.70. The standard InChI is InChI=1S/C14H14F2N2/c1-2-17-14(10-3-5-11(15)6-4-10)13-8-7-12(16)9-18-13/h3-9,14,17H,2H2,1H3. The molecule has 1 N–H and O–H groups in total. The molecule has 0 radical (unpaired) electrons. The molecule has 0 spiro atoms. The maximum absolute atomic E-state index is 12.9. The van der Waals surface area contributed by atoms with Crippen molar-refractivity contribution in [1.29, 1.82) is 0 Å². The van der Waals surface area contributed by atoms with E-state index in [9.17, 15) is 8.78 Å². The maximum atomic E-state index is 12.9. The topological polar surface area (TPSA) is 24.9 Å². The largest absolute Gasteiger partial charge is 0.305 e. The fourth-order valence-electron chi connectivity index (χ4n) is 1.81. The van der Waals surface area contributed by atoms with Crippen molar-refractivity contribution in [2.24, 2.45) is 0 Å². The molecule has 0 saturated heterocycles. The van der Waals surface area contributed by atoms with Crippen molar-refractivity contribution < 1.29 is 8.78 Å². The Kier molecular flexibility index (Phi) is 3.99. The van der Waals surface area contributed by atoms with Crippen LogP contribution in [0.15, 0.2) is 42.6 Å². The van der Waals surface area contributed by atoms with E-state index in [1.165, 1.54) is 24.4 Å². The molecular weight excluding hydrogens is 234 g/mol. The molecule has 0 aliphatic rings. The molecular formula is C14H14F2N2. The van der Waals surface area contributed by atoms with Gasteiger partial charge < -0.3 is 5.32 Å². The lowest BCUT2D eigenvalue weighted by Gasteiger charge is -2.17. The van der Waals surface area contributed by atoms with Gasteiger partial charge in [0.15, 0.2) is 0 Å². The second-order valence-corrected chi connectivity index (χ2v) is 3.94. The van der Waals surface area contributed by atoms with Gasteiger partial charge in [0.2, 0.25) is 0 Å². The van der Waals surface area contributed by atoms with Gasteiger partial charge in [0.1, 0.15) is 11.6 Å². The summed E-state index contributed by atoms with van der Waals surface area (Å²) in [5.74, 6) is -0.644. The summed E-state index contributed by atoms with van der Waals surface area (Å²) in [5, 5.41) is 3.25. The quantitative estimate of drug-likeness (QED) is 0.899. The zero-order valence-electron chi connectivity index (χ0n) is 10.0. The number of hydrogen-bond donors (Lipinski definition) is 1. The van der Waals surface area contributed by atoms with Crippen LogP contribution in [0, 0.1) is 11.6 Å². The molecule has 0 saturated carbocycles. The molecule has 1 aromatic heterocycles. The predicted octanol–water partition coefficient (Wildman–Crippen LogP) is 3.06. The van der Waals surface area contributed by atoms with Gasteiger partial charge in [-0.2, -0.15) is 0 Å². The third-order valence-electron chi connectivity index (χ3n) is 2.66. The summed E-state index contributed by atoms with van der Waals surface area (Å²) in [6.45, 7) is 2.71. The molecule has 0 fully saturated rings. The molecule has 0 amide bonds. The first-order valence-corrected chi connectivity index (χ1v) is 5.81. The van der Waals surface area contributed by atoms with Crippen LogP contribution in [0.1, 0.15) is 24.2 Å². The Morgan fingerprint density at radius 3 is 2.28 bits per heavy atom. The van der Waals surface area contributed by atoms with Crippen molar-refractivity contribution in [1.82, 2.24) is 10.3 Å². The van der Waals surface area contributed by atoms with Gasteiger partial charge in [-0.25, -0.2) is 8.78 Å². The van der Waals surface area contributed by atoms with E-state index in [1.54, 1.807) is 18.2 Å². The van der Waals surface area contributed by atoms with Gasteiger partial charge in [0.25, 0.3) is 0 Å². The summed E-state index contributed by atoms with van der Waals surface area (Å²) < 4.78 is 25.8. The van der Waals surface area contributed by atoms with Crippen LogP contribution in [0.5, 0.6) is 0 Å². The van der Waals surface area contributed by atoms with Gasteiger partial charge in [-0.3, -0.25) is 4.98 Å². The van der Waals surface area contributed by atoms with Crippen LogP contribution in [0.25, 0.3) is 0 Å². The Morgan fingerprint density at radius 1 is 1.06 bits per heavy atom. The molecule has 1 atom stereocenters. The highest BCUT2D eigenvalue weighted by atomic mass is 19.1. The van der Waals surface area contributed by atoms with E-state index in [0.29, 0.717) is 5.69 Å². The van der Waals surface area contributed by atoms with Crippen molar-refractivity contribution in [2.45, 2.75) is 13.0 Å². The number of benzene rings is 1. The van der Waals surface area contributed by atoms with Crippen molar-refractivity contribution >= 4 is 0 Å². The van der Waals surface area contributed by atoms with Gasteiger partial charge in [0, 0.05) is 0 Å². The monoisotopic (exact) mass is 248 g/mol. The molecule has 1 unspecified atom stereocenters. The summed E-state index contributed by atoms with van der Waals surface area (Å²) in [6, 6.07) is 9.06. The van der Waals surface area contributed by atoms with Crippen molar-refractivity contribution in [2.75, 3.05) is 6.54 Å². The molecule has 0 aliphatic carbocycles. The molecule has 4 heteroatoms. The third-order valence-corrected chi connectivity index (χ3v) is 2.66. The van der Waals surface area contributed by atoms with E-state index < -0.39 is 0 Å². The van der Waals surface area contributed by atoms with Crippen LogP contribution in [-0.2, 0) is 0 Å². The van der Waals surface area contributed by atoms with Crippen LogP contribution in [0.2, 0.25) is 0 Å². The Bertz CT molecular complexity index is 449. The number of aromatic nitrogens is 1. The van der Waals surface area contributed by atoms with Crippen LogP contribution in [0.3, 0.4) is 0 Å². The lowest BCUT2D eigenvalue weighted by Crippen LogP contribution is -2.22. The van der Waals surface area contributed by atoms with E-state index >= 15 is 0 Å². The van der Waals surface area contributed by atoms with E-state index in [0.717, 1.165) is 12.1 Å². The lowest BCUT2D eigenvalue weighted by molar-refractivity contribution is 0.591. The SMILES string of the molecule is CCNC(c1ccc(F)cc1)c1ccc(F)cn1. The summed E-state index contributed by atoms with van der Waals surface area (Å²) in [6.07, 6.45) is 1.18. The minimum atomic E-state index is -0.367. The summed E-state index contributed by atoms with van der Waals surface area (Å²) in [7, 11) is 0. The molecule has 0 aliphatic heterocycles. The summed E-state index contributed by atoms with van der Waals surface area (Å²) >= 11 is 0. The molecule has 2 rings (SSSR count). The van der Waals surface area contributed by atoms with Gasteiger partial charge in [-0.1, -0.05) is 19.1 Å². The first-order valence-electron chi connectivity index (χ1n) is 5.81. The lowest BCUT2D eigenvalue weighted by atomic mass is 10.0. The van der Waals surface area contributed by atoms with Gasteiger partial charge >= 0.3 is 0 Å². The fourth-order valence-corrected chi connectivity index (χ4v) is 1.81. The number of nitrogens with zero attached hydrogens (tertiary/aromatic N) is 1. The number of hydrogen-bond acceptors (Lipinski definition) is 2. The van der Waals surface area contributed by atoms with Crippen LogP contribution in [0.4, 0.5) is 8.78 Å². The fraction of sp³-hybridized carbons (Fsp3) is 0.214. The average molecular weight is 248 g/mol. The zero-order valence-corrected chi connectivity index (χ0v) is 10.0. The number of nitrogens with one attached hydrogen (secondary N) is 1. The number of rotatable bonds is 4. The first kappa shape index (κ1) is 12.6. The molecule has 1 aromatic carbocycles. The number of pyridine rings is 1. The Balaban J connectivity index is 2.33. The average Bonchev–Trinajstić information content (AvgIpc) is 2.39. The Morgan fingerprint density at radius 2 is 1.72 bits per heavy atom. The van der Waals surface area contributed by atoms with Crippen LogP contribution < -0.4 is 5.32 Å². The van der Waals surface area contributed by atoms with Crippen molar-refractivity contribution in [3.05, 3.63) is 65.5 Å². The van der Waals surface area contributed by atoms with Crippen LogP contribution in [-0.4, -0.2) is 11.5 Å². The highest BCUT2D eigenvalue weighted by Crippen LogP contribution is 2.20. The Hall–Kier alpha value is -1.81. The van der Waals surface area contributed by atoms with Gasteiger partial charge in [0.05, 0.1) is 17.9 Å². The van der Waals surface area contributed by atoms with Crippen molar-refractivity contribution in [3.63, 3.8) is 0 Å². The molecule has 94 valence electrons. The predicted molar refractivity (Wildman–Crippen MR) is 66.1 cm³/mol. The number of halogens is 2. The molecule has 2 aromatic rings. The van der Waals surface area contributed by atoms with E-state index in [-0.39, 0.29) is 17.7 Å². The van der Waals surface area contributed by atoms with Crippen LogP contribution >= 0.6 is 0 Å². The normalized spacial score (nSPS) is 12.4. The second-order valence-electron chi connectivity index (χ2n) is 3.94. The maximum Gasteiger partial charge on any atom is 0.141 e. The molecule has 0 bridgehead atoms. The molecule has 1 heterocycles. The van der Waals surface area contributed by atoms with E-state index in [1.807, 2.05) is 6.92 Å². The summed E-state index contributed by atoms with van der Waals surface area (Å²) in [4.78, 5) is 4.06. The van der Waals surface area contributed by atoms with Gasteiger partial charge in [-0.15, -0.1) is 0 Å². The van der Waals surface area contributed by atoms with Crippen molar-refractivity contribution in [3.8, 4) is 0 Å². The minimum Gasteiger partial charge on any atom is -0.305 e. The van der Waals surface area contributed by atoms with Gasteiger partial charge in [-0.05, 0) is 36.4 Å². The molecule has 18 heavy (non-hydrogen) atoms. The minimum absolute atomic E-state index is 0.156. The smallest absolute Gasteiger partial charge is 0.141 e. The highest BCUT2D eigenvalue weighted by Gasteiger charge is 2.14. The third kappa shape index (κ3) is 2.90. The van der Waals surface area contributed by atoms with E-state index in [2.05, 4.69) is 10.3 Å².